The molecule has 2 aromatic rings. The van der Waals surface area contributed by atoms with Gasteiger partial charge in [0.15, 0.2) is 0 Å². The van der Waals surface area contributed by atoms with E-state index < -0.39 is 17.3 Å². The van der Waals surface area contributed by atoms with Gasteiger partial charge in [0.1, 0.15) is 5.82 Å². The van der Waals surface area contributed by atoms with Crippen molar-refractivity contribution in [2.24, 2.45) is 0 Å². The molecule has 2 amide bonds. The zero-order valence-corrected chi connectivity index (χ0v) is 14.7. The summed E-state index contributed by atoms with van der Waals surface area (Å²) in [5.74, 6) is -1.72. The van der Waals surface area contributed by atoms with Crippen molar-refractivity contribution in [2.45, 2.75) is 31.7 Å². The Kier molecular flexibility index (Phi) is 4.52. The highest BCUT2D eigenvalue weighted by molar-refractivity contribution is 6.30. The zero-order chi connectivity index (χ0) is 18.2. The number of fused-ring (bicyclic) bond motifs is 1. The first-order valence-corrected chi connectivity index (χ1v) is 8.32. The maximum atomic E-state index is 14.3. The second-order valence-corrected chi connectivity index (χ2v) is 7.01. The van der Waals surface area contributed by atoms with Crippen LogP contribution in [-0.4, -0.2) is 11.8 Å². The van der Waals surface area contributed by atoms with Crippen molar-refractivity contribution in [1.82, 2.24) is 5.32 Å². The molecule has 25 heavy (non-hydrogen) atoms. The summed E-state index contributed by atoms with van der Waals surface area (Å²) in [6.07, 6.45) is 0.0525. The summed E-state index contributed by atoms with van der Waals surface area (Å²) in [5, 5.41) is 5.62. The van der Waals surface area contributed by atoms with Gasteiger partial charge in [0.2, 0.25) is 11.8 Å². The number of carbonyl (C=O) groups is 2. The highest BCUT2D eigenvalue weighted by Gasteiger charge is 2.34. The second kappa shape index (κ2) is 6.48. The molecular formula is C19H18ClFN2O2. The Morgan fingerprint density at radius 3 is 2.72 bits per heavy atom. The van der Waals surface area contributed by atoms with E-state index in [1.807, 2.05) is 12.1 Å². The molecule has 0 saturated heterocycles. The molecule has 1 unspecified atom stereocenters. The molecule has 4 nitrogen and oxygen atoms in total. The molecule has 130 valence electrons. The molecule has 0 fully saturated rings. The first kappa shape index (κ1) is 17.4. The fraction of sp³-hybridized carbons (Fsp3) is 0.263. The lowest BCUT2D eigenvalue weighted by Crippen LogP contribution is -2.45. The van der Waals surface area contributed by atoms with E-state index in [0.717, 1.165) is 5.56 Å². The molecule has 0 spiro atoms. The van der Waals surface area contributed by atoms with E-state index in [1.165, 1.54) is 6.07 Å². The number of halogens is 2. The van der Waals surface area contributed by atoms with Gasteiger partial charge in [0.05, 0.1) is 16.5 Å². The van der Waals surface area contributed by atoms with Crippen molar-refractivity contribution in [3.63, 3.8) is 0 Å². The number of rotatable bonds is 3. The molecular weight excluding hydrogens is 343 g/mol. The summed E-state index contributed by atoms with van der Waals surface area (Å²) >= 11 is 5.85. The van der Waals surface area contributed by atoms with E-state index in [-0.39, 0.29) is 23.3 Å². The number of benzene rings is 2. The fourth-order valence-corrected chi connectivity index (χ4v) is 3.27. The van der Waals surface area contributed by atoms with E-state index in [9.17, 15) is 14.0 Å². The van der Waals surface area contributed by atoms with Crippen molar-refractivity contribution >= 4 is 29.1 Å². The number of para-hydroxylation sites is 1. The van der Waals surface area contributed by atoms with Crippen molar-refractivity contribution in [2.75, 3.05) is 5.32 Å². The standard InChI is InChI=1S/C19H18ClFN2O2/c1-19(2,13-7-5-8-14(20)17(13)21)23-18(25)12-10-16(24)22-15-9-4-3-6-11(12)15/h3-9,12H,10H2,1-2H3,(H,22,24)(H,23,25). The topological polar surface area (TPSA) is 58.2 Å². The van der Waals surface area contributed by atoms with Gasteiger partial charge in [0, 0.05) is 17.7 Å². The van der Waals surface area contributed by atoms with Crippen LogP contribution in [0.4, 0.5) is 10.1 Å². The van der Waals surface area contributed by atoms with Gasteiger partial charge >= 0.3 is 0 Å². The molecule has 2 N–H and O–H groups in total. The van der Waals surface area contributed by atoms with Crippen LogP contribution in [0.5, 0.6) is 0 Å². The van der Waals surface area contributed by atoms with E-state index >= 15 is 0 Å². The molecule has 0 radical (unpaired) electrons. The molecule has 1 heterocycles. The quantitative estimate of drug-likeness (QED) is 0.870. The number of hydrogen-bond acceptors (Lipinski definition) is 2. The first-order valence-electron chi connectivity index (χ1n) is 7.95. The number of nitrogens with one attached hydrogen (secondary N) is 2. The normalized spacial score (nSPS) is 16.8. The van der Waals surface area contributed by atoms with Crippen LogP contribution in [0.25, 0.3) is 0 Å². The van der Waals surface area contributed by atoms with Crippen LogP contribution in [0.2, 0.25) is 5.02 Å². The van der Waals surface area contributed by atoms with Crippen molar-refractivity contribution in [3.8, 4) is 0 Å². The number of carbonyl (C=O) groups excluding carboxylic acids is 2. The van der Waals surface area contributed by atoms with Crippen LogP contribution < -0.4 is 10.6 Å². The van der Waals surface area contributed by atoms with Crippen LogP contribution in [0.15, 0.2) is 42.5 Å². The summed E-state index contributed by atoms with van der Waals surface area (Å²) in [6.45, 7) is 3.41. The van der Waals surface area contributed by atoms with Gasteiger partial charge < -0.3 is 10.6 Å². The third-order valence-corrected chi connectivity index (χ3v) is 4.67. The SMILES string of the molecule is CC(C)(NC(=O)C1CC(=O)Nc2ccccc21)c1cccc(Cl)c1F. The molecule has 0 bridgehead atoms. The van der Waals surface area contributed by atoms with Gasteiger partial charge in [-0.15, -0.1) is 0 Å². The Morgan fingerprint density at radius 1 is 1.24 bits per heavy atom. The summed E-state index contributed by atoms with van der Waals surface area (Å²) in [6, 6.07) is 11.9. The van der Waals surface area contributed by atoms with Gasteiger partial charge in [-0.3, -0.25) is 9.59 Å². The molecule has 0 aromatic heterocycles. The van der Waals surface area contributed by atoms with Gasteiger partial charge in [-0.1, -0.05) is 41.9 Å². The van der Waals surface area contributed by atoms with Gasteiger partial charge in [-0.05, 0) is 31.5 Å². The van der Waals surface area contributed by atoms with Gasteiger partial charge in [-0.2, -0.15) is 0 Å². The number of hydrogen-bond donors (Lipinski definition) is 2. The molecule has 0 aliphatic carbocycles. The zero-order valence-electron chi connectivity index (χ0n) is 13.9. The third kappa shape index (κ3) is 3.37. The summed E-state index contributed by atoms with van der Waals surface area (Å²) in [7, 11) is 0. The molecule has 1 aliphatic rings. The third-order valence-electron chi connectivity index (χ3n) is 4.38. The van der Waals surface area contributed by atoms with Crippen LogP contribution in [-0.2, 0) is 15.1 Å². The molecule has 6 heteroatoms. The van der Waals surface area contributed by atoms with E-state index in [2.05, 4.69) is 10.6 Å². The maximum Gasteiger partial charge on any atom is 0.228 e. The Bertz CT molecular complexity index is 851. The minimum atomic E-state index is -0.977. The van der Waals surface area contributed by atoms with Crippen LogP contribution in [0.1, 0.15) is 37.3 Å². The maximum absolute atomic E-state index is 14.3. The summed E-state index contributed by atoms with van der Waals surface area (Å²) < 4.78 is 14.3. The summed E-state index contributed by atoms with van der Waals surface area (Å²) in [5.41, 5.74) is 0.698. The lowest BCUT2D eigenvalue weighted by Gasteiger charge is -2.31. The molecule has 2 aromatic carbocycles. The lowest BCUT2D eigenvalue weighted by atomic mass is 9.87. The highest BCUT2D eigenvalue weighted by Crippen LogP contribution is 2.34. The number of anilines is 1. The van der Waals surface area contributed by atoms with Crippen molar-refractivity contribution in [1.29, 1.82) is 0 Å². The lowest BCUT2D eigenvalue weighted by molar-refractivity contribution is -0.127. The smallest absolute Gasteiger partial charge is 0.228 e. The van der Waals surface area contributed by atoms with Crippen LogP contribution >= 0.6 is 11.6 Å². The molecule has 0 saturated carbocycles. The van der Waals surface area contributed by atoms with Gasteiger partial charge in [0.25, 0.3) is 0 Å². The fourth-order valence-electron chi connectivity index (χ4n) is 3.09. The Labute approximate surface area is 150 Å². The summed E-state index contributed by atoms with van der Waals surface area (Å²) in [4.78, 5) is 24.8. The van der Waals surface area contributed by atoms with E-state index in [4.69, 9.17) is 11.6 Å². The average Bonchev–Trinajstić information content (AvgIpc) is 2.55. The number of amides is 2. The molecule has 3 rings (SSSR count). The molecule has 1 atom stereocenters. The Hall–Kier alpha value is -2.40. The Balaban J connectivity index is 1.89. The minimum Gasteiger partial charge on any atom is -0.346 e. The second-order valence-electron chi connectivity index (χ2n) is 6.61. The van der Waals surface area contributed by atoms with Gasteiger partial charge in [-0.25, -0.2) is 4.39 Å². The minimum absolute atomic E-state index is 0.00205. The average molecular weight is 361 g/mol. The molecule has 1 aliphatic heterocycles. The Morgan fingerprint density at radius 2 is 1.96 bits per heavy atom. The predicted molar refractivity (Wildman–Crippen MR) is 95.0 cm³/mol. The van der Waals surface area contributed by atoms with Crippen molar-refractivity contribution in [3.05, 3.63) is 64.4 Å². The van der Waals surface area contributed by atoms with Crippen molar-refractivity contribution < 1.29 is 14.0 Å². The highest BCUT2D eigenvalue weighted by atomic mass is 35.5. The van der Waals surface area contributed by atoms with Crippen LogP contribution in [0.3, 0.4) is 0 Å². The van der Waals surface area contributed by atoms with Crippen LogP contribution in [0, 0.1) is 5.82 Å². The largest absolute Gasteiger partial charge is 0.346 e. The predicted octanol–water partition coefficient (Wildman–Crippen LogP) is 3.96. The first-order chi connectivity index (χ1) is 11.8. The van der Waals surface area contributed by atoms with E-state index in [0.29, 0.717) is 11.3 Å². The monoisotopic (exact) mass is 360 g/mol. The van der Waals surface area contributed by atoms with E-state index in [1.54, 1.807) is 38.1 Å².